The fraction of sp³-hybridized carbons (Fsp3) is 0.583. The lowest BCUT2D eigenvalue weighted by molar-refractivity contribution is 0.0300. The predicted octanol–water partition coefficient (Wildman–Crippen LogP) is 1.05. The largest absolute Gasteiger partial charge is 0.371 e. The fourth-order valence-corrected chi connectivity index (χ4v) is 2.64. The van der Waals surface area contributed by atoms with Crippen molar-refractivity contribution in [3.8, 4) is 0 Å². The molecule has 2 fully saturated rings. The minimum atomic E-state index is -0.281. The molecule has 2 saturated heterocycles. The van der Waals surface area contributed by atoms with Gasteiger partial charge in [-0.1, -0.05) is 0 Å². The molecule has 0 spiro atoms. The van der Waals surface area contributed by atoms with Gasteiger partial charge in [0.2, 0.25) is 0 Å². The average molecular weight is 237 g/mol. The van der Waals surface area contributed by atoms with Gasteiger partial charge in [0, 0.05) is 31.4 Å². The van der Waals surface area contributed by atoms with Crippen LogP contribution in [0.1, 0.15) is 18.4 Å². The summed E-state index contributed by atoms with van der Waals surface area (Å²) in [5.74, 6) is 0.143. The molecule has 0 radical (unpaired) electrons. The van der Waals surface area contributed by atoms with Crippen LogP contribution >= 0.6 is 0 Å². The molecule has 0 amide bonds. The molecule has 2 bridgehead atoms. The number of halogens is 1. The number of nitrogens with two attached hydrogens (primary N) is 1. The highest BCUT2D eigenvalue weighted by Crippen LogP contribution is 2.30. The smallest absolute Gasteiger partial charge is 0.170 e. The molecule has 0 aromatic carbocycles. The lowest BCUT2D eigenvalue weighted by Crippen LogP contribution is -2.43. The summed E-state index contributed by atoms with van der Waals surface area (Å²) < 4.78 is 19.8. The molecule has 2 atom stereocenters. The lowest BCUT2D eigenvalue weighted by Gasteiger charge is -2.33. The van der Waals surface area contributed by atoms with E-state index >= 15 is 0 Å². The van der Waals surface area contributed by atoms with Gasteiger partial charge >= 0.3 is 0 Å². The van der Waals surface area contributed by atoms with Crippen LogP contribution in [-0.4, -0.2) is 30.3 Å². The van der Waals surface area contributed by atoms with Crippen molar-refractivity contribution in [2.24, 2.45) is 5.73 Å². The highest BCUT2D eigenvalue weighted by Gasteiger charge is 2.35. The Bertz CT molecular complexity index is 414. The average Bonchev–Trinajstić information content (AvgIpc) is 2.68. The summed E-state index contributed by atoms with van der Waals surface area (Å²) in [6, 6.07) is 1.63. The molecule has 2 unspecified atom stereocenters. The van der Waals surface area contributed by atoms with Gasteiger partial charge in [-0.05, 0) is 18.9 Å². The highest BCUT2D eigenvalue weighted by molar-refractivity contribution is 5.44. The molecule has 92 valence electrons. The van der Waals surface area contributed by atoms with E-state index in [1.807, 2.05) is 4.90 Å². The summed E-state index contributed by atoms with van der Waals surface area (Å²) in [4.78, 5) is 6.13. The van der Waals surface area contributed by atoms with Crippen molar-refractivity contribution >= 4 is 5.82 Å². The van der Waals surface area contributed by atoms with Gasteiger partial charge in [-0.3, -0.25) is 0 Å². The molecule has 2 aliphatic rings. The fourth-order valence-electron chi connectivity index (χ4n) is 2.64. The molecule has 3 heterocycles. The zero-order chi connectivity index (χ0) is 11.8. The molecule has 17 heavy (non-hydrogen) atoms. The van der Waals surface area contributed by atoms with Gasteiger partial charge in [-0.25, -0.2) is 9.37 Å². The Kier molecular flexibility index (Phi) is 2.72. The summed E-state index contributed by atoms with van der Waals surface area (Å²) in [6.45, 7) is 1.67. The van der Waals surface area contributed by atoms with Gasteiger partial charge in [0.05, 0.1) is 12.2 Å². The number of hydrogen-bond donors (Lipinski definition) is 1. The minimum absolute atomic E-state index is 0.207. The number of rotatable bonds is 2. The summed E-state index contributed by atoms with van der Waals surface area (Å²) in [5.41, 5.74) is 6.03. The number of hydrogen-bond acceptors (Lipinski definition) is 4. The molecule has 2 aliphatic heterocycles. The van der Waals surface area contributed by atoms with Crippen LogP contribution in [0.15, 0.2) is 12.3 Å². The molecule has 5 heteroatoms. The molecular formula is C12H16FN3O. The van der Waals surface area contributed by atoms with E-state index in [0.717, 1.165) is 25.9 Å². The summed E-state index contributed by atoms with van der Waals surface area (Å²) in [6.07, 6.45) is 4.23. The minimum Gasteiger partial charge on any atom is -0.371 e. The van der Waals surface area contributed by atoms with Gasteiger partial charge in [0.15, 0.2) is 11.6 Å². The number of aromatic nitrogens is 1. The van der Waals surface area contributed by atoms with E-state index in [9.17, 15) is 4.39 Å². The first-order chi connectivity index (χ1) is 8.28. The van der Waals surface area contributed by atoms with E-state index in [4.69, 9.17) is 10.5 Å². The van der Waals surface area contributed by atoms with Crippen molar-refractivity contribution in [3.63, 3.8) is 0 Å². The Morgan fingerprint density at radius 2 is 2.12 bits per heavy atom. The molecular weight excluding hydrogens is 221 g/mol. The molecule has 0 saturated carbocycles. The van der Waals surface area contributed by atoms with Gasteiger partial charge in [-0.2, -0.15) is 0 Å². The number of anilines is 1. The van der Waals surface area contributed by atoms with Gasteiger partial charge in [-0.15, -0.1) is 0 Å². The van der Waals surface area contributed by atoms with Crippen molar-refractivity contribution in [2.45, 2.75) is 31.6 Å². The molecule has 4 nitrogen and oxygen atoms in total. The van der Waals surface area contributed by atoms with Crippen LogP contribution < -0.4 is 10.6 Å². The van der Waals surface area contributed by atoms with Crippen molar-refractivity contribution in [2.75, 3.05) is 18.0 Å². The third-order valence-corrected chi connectivity index (χ3v) is 3.51. The normalized spacial score (nSPS) is 27.5. The Morgan fingerprint density at radius 1 is 1.41 bits per heavy atom. The standard InChI is InChI=1S/C12H16FN3O/c13-11-8(5-14)3-4-15-12(11)16-6-9-1-2-10(7-16)17-9/h3-4,9-10H,1-2,5-7,14H2. The molecule has 1 aromatic heterocycles. The molecule has 1 aromatic rings. The monoisotopic (exact) mass is 237 g/mol. The van der Waals surface area contributed by atoms with Crippen LogP contribution in [0.4, 0.5) is 10.2 Å². The van der Waals surface area contributed by atoms with Crippen LogP contribution in [-0.2, 0) is 11.3 Å². The van der Waals surface area contributed by atoms with Crippen molar-refractivity contribution in [3.05, 3.63) is 23.6 Å². The first-order valence-corrected chi connectivity index (χ1v) is 6.02. The van der Waals surface area contributed by atoms with Crippen molar-refractivity contribution < 1.29 is 9.13 Å². The van der Waals surface area contributed by atoms with E-state index in [0.29, 0.717) is 11.4 Å². The summed E-state index contributed by atoms with van der Waals surface area (Å²) in [5, 5.41) is 0. The zero-order valence-corrected chi connectivity index (χ0v) is 9.60. The summed E-state index contributed by atoms with van der Waals surface area (Å²) >= 11 is 0. The number of pyridine rings is 1. The zero-order valence-electron chi connectivity index (χ0n) is 9.60. The van der Waals surface area contributed by atoms with Crippen LogP contribution in [0.3, 0.4) is 0 Å². The molecule has 3 rings (SSSR count). The van der Waals surface area contributed by atoms with Crippen molar-refractivity contribution in [1.29, 1.82) is 0 Å². The SMILES string of the molecule is NCc1ccnc(N2CC3CCC(C2)O3)c1F. The van der Waals surface area contributed by atoms with Crippen LogP contribution in [0.2, 0.25) is 0 Å². The second-order valence-corrected chi connectivity index (χ2v) is 4.67. The molecule has 2 N–H and O–H groups in total. The van der Waals surface area contributed by atoms with E-state index in [1.54, 1.807) is 12.3 Å². The maximum atomic E-state index is 14.1. The number of fused-ring (bicyclic) bond motifs is 2. The maximum absolute atomic E-state index is 14.1. The van der Waals surface area contributed by atoms with Crippen LogP contribution in [0, 0.1) is 5.82 Å². The van der Waals surface area contributed by atoms with E-state index in [-0.39, 0.29) is 24.6 Å². The Morgan fingerprint density at radius 3 is 2.76 bits per heavy atom. The van der Waals surface area contributed by atoms with Crippen molar-refractivity contribution in [1.82, 2.24) is 4.98 Å². The van der Waals surface area contributed by atoms with Gasteiger partial charge in [0.1, 0.15) is 0 Å². The first kappa shape index (κ1) is 10.9. The second-order valence-electron chi connectivity index (χ2n) is 4.67. The topological polar surface area (TPSA) is 51.4 Å². The quantitative estimate of drug-likeness (QED) is 0.835. The molecule has 0 aliphatic carbocycles. The first-order valence-electron chi connectivity index (χ1n) is 6.02. The van der Waals surface area contributed by atoms with Crippen LogP contribution in [0.25, 0.3) is 0 Å². The van der Waals surface area contributed by atoms with E-state index in [2.05, 4.69) is 4.98 Å². The van der Waals surface area contributed by atoms with Gasteiger partial charge in [0.25, 0.3) is 0 Å². The third kappa shape index (κ3) is 1.89. The highest BCUT2D eigenvalue weighted by atomic mass is 19.1. The number of nitrogens with zero attached hydrogens (tertiary/aromatic N) is 2. The van der Waals surface area contributed by atoms with E-state index < -0.39 is 0 Å². The number of morpholine rings is 1. The summed E-state index contributed by atoms with van der Waals surface area (Å²) in [7, 11) is 0. The third-order valence-electron chi connectivity index (χ3n) is 3.51. The Hall–Kier alpha value is -1.20. The predicted molar refractivity (Wildman–Crippen MR) is 62.2 cm³/mol. The Balaban J connectivity index is 1.89. The lowest BCUT2D eigenvalue weighted by atomic mass is 10.2. The second kappa shape index (κ2) is 4.23. The van der Waals surface area contributed by atoms with Gasteiger partial charge < -0.3 is 15.4 Å². The van der Waals surface area contributed by atoms with E-state index in [1.165, 1.54) is 0 Å². The maximum Gasteiger partial charge on any atom is 0.170 e. The Labute approximate surface area is 99.6 Å². The number of ether oxygens (including phenoxy) is 1. The van der Waals surface area contributed by atoms with Crippen LogP contribution in [0.5, 0.6) is 0 Å².